The van der Waals surface area contributed by atoms with E-state index in [0.717, 1.165) is 17.7 Å². The van der Waals surface area contributed by atoms with Crippen LogP contribution in [0.15, 0.2) is 42.5 Å². The van der Waals surface area contributed by atoms with Gasteiger partial charge in [0.25, 0.3) is 0 Å². The number of hydrogen-bond acceptors (Lipinski definition) is 3. The molecule has 2 N–H and O–H groups in total. The van der Waals surface area contributed by atoms with E-state index < -0.39 is 23.2 Å². The van der Waals surface area contributed by atoms with E-state index in [4.69, 9.17) is 4.74 Å². The molecule has 0 aliphatic rings. The van der Waals surface area contributed by atoms with Crippen molar-refractivity contribution in [2.24, 2.45) is 0 Å². The van der Waals surface area contributed by atoms with Crippen molar-refractivity contribution in [2.75, 3.05) is 7.11 Å². The summed E-state index contributed by atoms with van der Waals surface area (Å²) in [6, 6.07) is 10.4. The fourth-order valence-corrected chi connectivity index (χ4v) is 2.57. The van der Waals surface area contributed by atoms with Crippen molar-refractivity contribution < 1.29 is 23.8 Å². The number of aryl methyl sites for hydroxylation is 1. The topological polar surface area (TPSA) is 75.6 Å². The molecule has 0 saturated heterocycles. The molecule has 0 aliphatic carbocycles. The van der Waals surface area contributed by atoms with Gasteiger partial charge in [-0.1, -0.05) is 29.8 Å². The van der Waals surface area contributed by atoms with Crippen LogP contribution in [0.25, 0.3) is 0 Å². The molecule has 0 aliphatic heterocycles. The van der Waals surface area contributed by atoms with Crippen molar-refractivity contribution in [3.8, 4) is 5.75 Å². The SMILES string of the molecule is COc1ccc(C)cc1CC(=O)NC(C)(C(=O)O)c1ccc(F)cc1. The summed E-state index contributed by atoms with van der Waals surface area (Å²) in [7, 11) is 1.51. The first-order valence-corrected chi connectivity index (χ1v) is 7.70. The van der Waals surface area contributed by atoms with Crippen molar-refractivity contribution in [2.45, 2.75) is 25.8 Å². The number of halogens is 1. The van der Waals surface area contributed by atoms with Crippen LogP contribution in [-0.2, 0) is 21.5 Å². The van der Waals surface area contributed by atoms with Gasteiger partial charge in [0.1, 0.15) is 11.6 Å². The number of carboxylic acid groups (broad SMARTS) is 1. The van der Waals surface area contributed by atoms with Crippen LogP contribution in [0.1, 0.15) is 23.6 Å². The molecule has 0 radical (unpaired) electrons. The van der Waals surface area contributed by atoms with E-state index in [-0.39, 0.29) is 12.0 Å². The fraction of sp³-hybridized carbons (Fsp3) is 0.263. The highest BCUT2D eigenvalue weighted by atomic mass is 19.1. The summed E-state index contributed by atoms with van der Waals surface area (Å²) < 4.78 is 18.3. The quantitative estimate of drug-likeness (QED) is 0.844. The molecular formula is C19H20FNO4. The first-order chi connectivity index (χ1) is 11.8. The molecule has 0 spiro atoms. The number of aliphatic carboxylic acids is 1. The Labute approximate surface area is 145 Å². The molecule has 5 nitrogen and oxygen atoms in total. The number of ether oxygens (including phenoxy) is 1. The summed E-state index contributed by atoms with van der Waals surface area (Å²) in [5.74, 6) is -1.63. The van der Waals surface area contributed by atoms with Crippen LogP contribution in [0.5, 0.6) is 5.75 Å². The Morgan fingerprint density at radius 3 is 2.40 bits per heavy atom. The van der Waals surface area contributed by atoms with E-state index in [9.17, 15) is 19.1 Å². The van der Waals surface area contributed by atoms with Gasteiger partial charge < -0.3 is 15.2 Å². The summed E-state index contributed by atoms with van der Waals surface area (Å²) >= 11 is 0. The second-order valence-electron chi connectivity index (χ2n) is 5.98. The largest absolute Gasteiger partial charge is 0.496 e. The molecular weight excluding hydrogens is 325 g/mol. The lowest BCUT2D eigenvalue weighted by molar-refractivity contribution is -0.147. The zero-order valence-electron chi connectivity index (χ0n) is 14.3. The number of methoxy groups -OCH3 is 1. The maximum atomic E-state index is 13.1. The van der Waals surface area contributed by atoms with Crippen LogP contribution in [-0.4, -0.2) is 24.1 Å². The molecule has 2 aromatic rings. The Kier molecular flexibility index (Phi) is 5.41. The number of rotatable bonds is 6. The molecule has 0 bridgehead atoms. The van der Waals surface area contributed by atoms with E-state index in [1.807, 2.05) is 19.1 Å². The van der Waals surface area contributed by atoms with Crippen LogP contribution in [0, 0.1) is 12.7 Å². The predicted octanol–water partition coefficient (Wildman–Crippen LogP) is 2.80. The van der Waals surface area contributed by atoms with Gasteiger partial charge in [0.05, 0.1) is 13.5 Å². The Balaban J connectivity index is 2.25. The zero-order chi connectivity index (χ0) is 18.6. The smallest absolute Gasteiger partial charge is 0.333 e. The van der Waals surface area contributed by atoms with E-state index in [2.05, 4.69) is 5.32 Å². The van der Waals surface area contributed by atoms with Gasteiger partial charge in [0.2, 0.25) is 5.91 Å². The second-order valence-corrected chi connectivity index (χ2v) is 5.98. The summed E-state index contributed by atoms with van der Waals surface area (Å²) in [5.41, 5.74) is 0.239. The minimum absolute atomic E-state index is 0.0328. The zero-order valence-corrected chi connectivity index (χ0v) is 14.3. The Morgan fingerprint density at radius 1 is 1.20 bits per heavy atom. The maximum absolute atomic E-state index is 13.1. The van der Waals surface area contributed by atoms with Crippen molar-refractivity contribution in [3.05, 3.63) is 65.0 Å². The van der Waals surface area contributed by atoms with Crippen LogP contribution in [0.2, 0.25) is 0 Å². The lowest BCUT2D eigenvalue weighted by Crippen LogP contribution is -2.50. The van der Waals surface area contributed by atoms with E-state index in [0.29, 0.717) is 11.3 Å². The van der Waals surface area contributed by atoms with Gasteiger partial charge in [0.15, 0.2) is 5.54 Å². The Bertz CT molecular complexity index is 789. The van der Waals surface area contributed by atoms with Crippen LogP contribution >= 0.6 is 0 Å². The number of hydrogen-bond donors (Lipinski definition) is 2. The summed E-state index contributed by atoms with van der Waals surface area (Å²) in [5, 5.41) is 12.1. The molecule has 2 aromatic carbocycles. The number of amides is 1. The molecule has 2 rings (SSSR count). The highest BCUT2D eigenvalue weighted by Gasteiger charge is 2.37. The second kappa shape index (κ2) is 7.34. The molecule has 25 heavy (non-hydrogen) atoms. The lowest BCUT2D eigenvalue weighted by atomic mass is 9.91. The molecule has 1 atom stereocenters. The third-order valence-electron chi connectivity index (χ3n) is 4.03. The van der Waals surface area contributed by atoms with Gasteiger partial charge in [-0.05, 0) is 37.6 Å². The number of benzene rings is 2. The summed E-state index contributed by atoms with van der Waals surface area (Å²) in [6.07, 6.45) is -0.0328. The molecule has 0 saturated carbocycles. The minimum Gasteiger partial charge on any atom is -0.496 e. The highest BCUT2D eigenvalue weighted by molar-refractivity contribution is 5.89. The van der Waals surface area contributed by atoms with Crippen LogP contribution < -0.4 is 10.1 Å². The third kappa shape index (κ3) is 4.15. The molecule has 6 heteroatoms. The molecule has 0 aromatic heterocycles. The van der Waals surface area contributed by atoms with Crippen LogP contribution in [0.4, 0.5) is 4.39 Å². The van der Waals surface area contributed by atoms with Gasteiger partial charge in [0, 0.05) is 5.56 Å². The number of carbonyl (C=O) groups is 2. The van der Waals surface area contributed by atoms with Gasteiger partial charge >= 0.3 is 5.97 Å². The lowest BCUT2D eigenvalue weighted by Gasteiger charge is -2.27. The number of nitrogens with one attached hydrogen (secondary N) is 1. The third-order valence-corrected chi connectivity index (χ3v) is 4.03. The fourth-order valence-electron chi connectivity index (χ4n) is 2.57. The Hall–Kier alpha value is -2.89. The number of carbonyl (C=O) groups excluding carboxylic acids is 1. The molecule has 1 amide bonds. The monoisotopic (exact) mass is 345 g/mol. The van der Waals surface area contributed by atoms with E-state index in [1.165, 1.54) is 26.2 Å². The molecule has 1 unspecified atom stereocenters. The summed E-state index contributed by atoms with van der Waals surface area (Å²) in [6.45, 7) is 3.26. The summed E-state index contributed by atoms with van der Waals surface area (Å²) in [4.78, 5) is 24.2. The first-order valence-electron chi connectivity index (χ1n) is 7.70. The average Bonchev–Trinajstić information content (AvgIpc) is 2.55. The van der Waals surface area contributed by atoms with Crippen LogP contribution in [0.3, 0.4) is 0 Å². The Morgan fingerprint density at radius 2 is 1.84 bits per heavy atom. The maximum Gasteiger partial charge on any atom is 0.333 e. The van der Waals surface area contributed by atoms with Gasteiger partial charge in [-0.2, -0.15) is 0 Å². The van der Waals surface area contributed by atoms with Crippen molar-refractivity contribution in [3.63, 3.8) is 0 Å². The highest BCUT2D eigenvalue weighted by Crippen LogP contribution is 2.24. The minimum atomic E-state index is -1.66. The first kappa shape index (κ1) is 18.4. The average molecular weight is 345 g/mol. The van der Waals surface area contributed by atoms with Gasteiger partial charge in [-0.25, -0.2) is 9.18 Å². The molecule has 132 valence electrons. The van der Waals surface area contributed by atoms with E-state index in [1.54, 1.807) is 6.07 Å². The molecule has 0 fully saturated rings. The van der Waals surface area contributed by atoms with Crippen molar-refractivity contribution in [1.29, 1.82) is 0 Å². The normalized spacial score (nSPS) is 13.0. The van der Waals surface area contributed by atoms with Gasteiger partial charge in [-0.15, -0.1) is 0 Å². The molecule has 0 heterocycles. The van der Waals surface area contributed by atoms with E-state index >= 15 is 0 Å². The number of carboxylic acids is 1. The van der Waals surface area contributed by atoms with Gasteiger partial charge in [-0.3, -0.25) is 4.79 Å². The van der Waals surface area contributed by atoms with Crippen molar-refractivity contribution in [1.82, 2.24) is 5.32 Å². The standard InChI is InChI=1S/C19H20FNO4/c1-12-4-9-16(25-3)13(10-12)11-17(22)21-19(2,18(23)24)14-5-7-15(20)8-6-14/h4-10H,11H2,1-3H3,(H,21,22)(H,23,24). The van der Waals surface area contributed by atoms with Crippen molar-refractivity contribution >= 4 is 11.9 Å². The predicted molar refractivity (Wildman–Crippen MR) is 91.0 cm³/mol.